The van der Waals surface area contributed by atoms with Crippen molar-refractivity contribution in [1.29, 1.82) is 0 Å². The molecule has 1 unspecified atom stereocenters. The van der Waals surface area contributed by atoms with E-state index in [1.54, 1.807) is 22.7 Å². The lowest BCUT2D eigenvalue weighted by molar-refractivity contribution is 0.709. The van der Waals surface area contributed by atoms with E-state index in [2.05, 4.69) is 16.4 Å². The fourth-order valence-electron chi connectivity index (χ4n) is 1.16. The highest BCUT2D eigenvalue weighted by Crippen LogP contribution is 2.18. The molecule has 2 nitrogen and oxygen atoms in total. The molecule has 2 aromatic heterocycles. The Morgan fingerprint density at radius 1 is 1.50 bits per heavy atom. The minimum atomic E-state index is 0. The molecule has 0 aliphatic carbocycles. The summed E-state index contributed by atoms with van der Waals surface area (Å²) in [5.41, 5.74) is 8.80. The molecule has 0 amide bonds. The third kappa shape index (κ3) is 2.88. The number of nitrogens with zero attached hydrogens (tertiary/aromatic N) is 1. The molecule has 0 aliphatic heterocycles. The number of rotatable bonds is 3. The van der Waals surface area contributed by atoms with Gasteiger partial charge >= 0.3 is 0 Å². The summed E-state index contributed by atoms with van der Waals surface area (Å²) in [6, 6.07) is 4.20. The Balaban J connectivity index is 0.000000980. The van der Waals surface area contributed by atoms with Crippen LogP contribution < -0.4 is 5.73 Å². The van der Waals surface area contributed by atoms with Crippen molar-refractivity contribution in [3.8, 4) is 0 Å². The number of nitrogens with two attached hydrogens (primary N) is 1. The van der Waals surface area contributed by atoms with E-state index >= 15 is 0 Å². The van der Waals surface area contributed by atoms with Gasteiger partial charge in [0.15, 0.2) is 0 Å². The van der Waals surface area contributed by atoms with Crippen LogP contribution in [0.4, 0.5) is 0 Å². The predicted octanol–water partition coefficient (Wildman–Crippen LogP) is 3.03. The quantitative estimate of drug-likeness (QED) is 0.944. The number of hydrogen-bond acceptors (Lipinski definition) is 4. The van der Waals surface area contributed by atoms with Gasteiger partial charge in [-0.2, -0.15) is 0 Å². The first-order chi connectivity index (χ1) is 6.36. The zero-order valence-electron chi connectivity index (χ0n) is 7.42. The van der Waals surface area contributed by atoms with Gasteiger partial charge in [0, 0.05) is 16.7 Å². The first-order valence-corrected chi connectivity index (χ1v) is 5.84. The maximum absolute atomic E-state index is 5.98. The molecule has 0 fully saturated rings. The van der Waals surface area contributed by atoms with Gasteiger partial charge in [-0.3, -0.25) is 0 Å². The fourth-order valence-corrected chi connectivity index (χ4v) is 2.54. The topological polar surface area (TPSA) is 38.9 Å². The first-order valence-electron chi connectivity index (χ1n) is 4.02. The van der Waals surface area contributed by atoms with E-state index in [1.165, 1.54) is 4.88 Å². The maximum Gasteiger partial charge on any atom is 0.0795 e. The molecule has 0 radical (unpaired) electrons. The van der Waals surface area contributed by atoms with Gasteiger partial charge in [0.1, 0.15) is 0 Å². The van der Waals surface area contributed by atoms with Crippen LogP contribution >= 0.6 is 39.7 Å². The zero-order chi connectivity index (χ0) is 9.10. The van der Waals surface area contributed by atoms with E-state index in [1.807, 2.05) is 17.0 Å². The number of halogens is 1. The fraction of sp³-hybridized carbons (Fsp3) is 0.222. The number of thiazole rings is 1. The van der Waals surface area contributed by atoms with Crippen LogP contribution in [0.1, 0.15) is 16.6 Å². The summed E-state index contributed by atoms with van der Waals surface area (Å²) in [6.45, 7) is 0. The average molecular weight is 291 g/mol. The third-order valence-electron chi connectivity index (χ3n) is 1.83. The van der Waals surface area contributed by atoms with Crippen LogP contribution in [0.25, 0.3) is 0 Å². The van der Waals surface area contributed by atoms with Crippen molar-refractivity contribution < 1.29 is 0 Å². The lowest BCUT2D eigenvalue weighted by atomic mass is 10.1. The molecule has 0 saturated heterocycles. The van der Waals surface area contributed by atoms with E-state index in [0.29, 0.717) is 0 Å². The molecule has 76 valence electrons. The third-order valence-corrected chi connectivity index (χ3v) is 3.34. The predicted molar refractivity (Wildman–Crippen MR) is 67.4 cm³/mol. The summed E-state index contributed by atoms with van der Waals surface area (Å²) in [7, 11) is 0. The highest BCUT2D eigenvalue weighted by molar-refractivity contribution is 8.93. The second-order valence-electron chi connectivity index (χ2n) is 2.80. The molecule has 2 N–H and O–H groups in total. The van der Waals surface area contributed by atoms with Gasteiger partial charge in [-0.25, -0.2) is 4.98 Å². The smallest absolute Gasteiger partial charge is 0.0795 e. The highest BCUT2D eigenvalue weighted by atomic mass is 79.9. The Morgan fingerprint density at radius 2 is 2.36 bits per heavy atom. The van der Waals surface area contributed by atoms with E-state index in [9.17, 15) is 0 Å². The van der Waals surface area contributed by atoms with Crippen molar-refractivity contribution in [2.75, 3.05) is 0 Å². The van der Waals surface area contributed by atoms with Crippen molar-refractivity contribution in [3.05, 3.63) is 39.0 Å². The van der Waals surface area contributed by atoms with Crippen molar-refractivity contribution in [2.45, 2.75) is 12.5 Å². The number of thiophene rings is 1. The molecule has 0 spiro atoms. The summed E-state index contributed by atoms with van der Waals surface area (Å²) >= 11 is 3.34. The monoisotopic (exact) mass is 290 g/mol. The van der Waals surface area contributed by atoms with Gasteiger partial charge in [-0.15, -0.1) is 39.7 Å². The van der Waals surface area contributed by atoms with Gasteiger partial charge in [-0.05, 0) is 11.4 Å². The molecule has 1 atom stereocenters. The molecule has 2 heterocycles. The van der Waals surface area contributed by atoms with Crippen LogP contribution in [-0.4, -0.2) is 4.98 Å². The number of aromatic nitrogens is 1. The van der Waals surface area contributed by atoms with Crippen LogP contribution in [0.15, 0.2) is 28.4 Å². The van der Waals surface area contributed by atoms with E-state index in [-0.39, 0.29) is 23.0 Å². The summed E-state index contributed by atoms with van der Waals surface area (Å²) in [6.07, 6.45) is 0.890. The van der Waals surface area contributed by atoms with Crippen LogP contribution in [0.3, 0.4) is 0 Å². The molecule has 2 rings (SSSR count). The van der Waals surface area contributed by atoms with Gasteiger partial charge in [0.2, 0.25) is 0 Å². The molecular weight excluding hydrogens is 280 g/mol. The standard InChI is InChI=1S/C9H10N2S2.BrH/c10-8(9-5-12-6-11-9)4-7-2-1-3-13-7;/h1-3,5-6,8H,4,10H2;1H. The minimum absolute atomic E-state index is 0. The SMILES string of the molecule is Br.NC(Cc1cccs1)c1cscn1. The largest absolute Gasteiger partial charge is 0.322 e. The summed E-state index contributed by atoms with van der Waals surface area (Å²) in [5.74, 6) is 0. The first kappa shape index (κ1) is 11.8. The van der Waals surface area contributed by atoms with Crippen molar-refractivity contribution in [2.24, 2.45) is 5.73 Å². The highest BCUT2D eigenvalue weighted by Gasteiger charge is 2.08. The van der Waals surface area contributed by atoms with Gasteiger partial charge in [0.25, 0.3) is 0 Å². The van der Waals surface area contributed by atoms with Crippen LogP contribution in [0, 0.1) is 0 Å². The van der Waals surface area contributed by atoms with Crippen LogP contribution in [-0.2, 0) is 6.42 Å². The summed E-state index contributed by atoms with van der Waals surface area (Å²) in [4.78, 5) is 5.51. The van der Waals surface area contributed by atoms with Gasteiger partial charge in [0.05, 0.1) is 17.2 Å². The average Bonchev–Trinajstić information content (AvgIpc) is 2.74. The maximum atomic E-state index is 5.98. The Labute approximate surface area is 102 Å². The van der Waals surface area contributed by atoms with E-state index in [0.717, 1.165) is 12.1 Å². The Kier molecular flexibility index (Phi) is 4.74. The van der Waals surface area contributed by atoms with Crippen molar-refractivity contribution in [1.82, 2.24) is 4.98 Å². The second-order valence-corrected chi connectivity index (χ2v) is 4.55. The molecular formula is C9H11BrN2S2. The molecule has 0 aliphatic rings. The summed E-state index contributed by atoms with van der Waals surface area (Å²) < 4.78 is 0. The normalized spacial score (nSPS) is 12.1. The Morgan fingerprint density at radius 3 is 2.93 bits per heavy atom. The lowest BCUT2D eigenvalue weighted by Gasteiger charge is -2.05. The van der Waals surface area contributed by atoms with E-state index < -0.39 is 0 Å². The van der Waals surface area contributed by atoms with Crippen molar-refractivity contribution >= 4 is 39.7 Å². The molecule has 0 saturated carbocycles. The Hall–Kier alpha value is -0.230. The second kappa shape index (κ2) is 5.60. The van der Waals surface area contributed by atoms with Crippen LogP contribution in [0.2, 0.25) is 0 Å². The summed E-state index contributed by atoms with van der Waals surface area (Å²) in [5, 5.41) is 4.08. The molecule has 0 bridgehead atoms. The van der Waals surface area contributed by atoms with Crippen LogP contribution in [0.5, 0.6) is 0 Å². The molecule has 5 heteroatoms. The molecule has 0 aromatic carbocycles. The lowest BCUT2D eigenvalue weighted by Crippen LogP contribution is -2.12. The molecule has 14 heavy (non-hydrogen) atoms. The Bertz CT molecular complexity index is 345. The number of hydrogen-bond donors (Lipinski definition) is 1. The molecule has 2 aromatic rings. The van der Waals surface area contributed by atoms with Gasteiger partial charge in [-0.1, -0.05) is 6.07 Å². The minimum Gasteiger partial charge on any atom is -0.322 e. The van der Waals surface area contributed by atoms with E-state index in [4.69, 9.17) is 5.73 Å². The van der Waals surface area contributed by atoms with Crippen molar-refractivity contribution in [3.63, 3.8) is 0 Å². The van der Waals surface area contributed by atoms with Gasteiger partial charge < -0.3 is 5.73 Å². The zero-order valence-corrected chi connectivity index (χ0v) is 10.8.